The topological polar surface area (TPSA) is 52.6 Å². The van der Waals surface area contributed by atoms with Crippen LogP contribution in [0.15, 0.2) is 21.1 Å². The van der Waals surface area contributed by atoms with Gasteiger partial charge in [0.25, 0.3) is 0 Å². The number of halogens is 2. The van der Waals surface area contributed by atoms with Crippen LogP contribution in [-0.2, 0) is 9.47 Å². The molecule has 0 aliphatic rings. The number of hydrogen-bond donors (Lipinski definition) is 0. The predicted molar refractivity (Wildman–Crippen MR) is 83.0 cm³/mol. The van der Waals surface area contributed by atoms with Crippen LogP contribution < -0.4 is 0 Å². The zero-order chi connectivity index (χ0) is 15.1. The van der Waals surface area contributed by atoms with Crippen LogP contribution in [0.2, 0.25) is 0 Å². The Morgan fingerprint density at radius 1 is 0.900 bits per heavy atom. The Labute approximate surface area is 135 Å². The highest BCUT2D eigenvalue weighted by Gasteiger charge is 2.21. The van der Waals surface area contributed by atoms with Gasteiger partial charge >= 0.3 is 11.9 Å². The Bertz CT molecular complexity index is 455. The van der Waals surface area contributed by atoms with E-state index in [1.807, 2.05) is 13.8 Å². The van der Waals surface area contributed by atoms with Crippen LogP contribution in [0.5, 0.6) is 0 Å². The molecular formula is C14H16Br2O4. The molecule has 0 fully saturated rings. The predicted octanol–water partition coefficient (Wildman–Crippen LogP) is 4.35. The minimum absolute atomic E-state index is 0.203. The van der Waals surface area contributed by atoms with Crippen molar-refractivity contribution < 1.29 is 19.1 Å². The highest BCUT2D eigenvalue weighted by molar-refractivity contribution is 9.13. The van der Waals surface area contributed by atoms with Gasteiger partial charge in [-0.15, -0.1) is 0 Å². The van der Waals surface area contributed by atoms with Crippen LogP contribution in [0.3, 0.4) is 0 Å². The maximum absolute atomic E-state index is 12.0. The van der Waals surface area contributed by atoms with Crippen molar-refractivity contribution in [2.24, 2.45) is 0 Å². The monoisotopic (exact) mass is 406 g/mol. The maximum Gasteiger partial charge on any atom is 0.339 e. The lowest BCUT2D eigenvalue weighted by molar-refractivity contribution is 0.0457. The van der Waals surface area contributed by atoms with E-state index < -0.39 is 11.9 Å². The van der Waals surface area contributed by atoms with Gasteiger partial charge in [0.15, 0.2) is 0 Å². The van der Waals surface area contributed by atoms with E-state index in [1.165, 1.54) is 0 Å². The summed E-state index contributed by atoms with van der Waals surface area (Å²) in [6.07, 6.45) is 1.44. The summed E-state index contributed by atoms with van der Waals surface area (Å²) < 4.78 is 11.5. The average molecular weight is 408 g/mol. The normalized spacial score (nSPS) is 10.2. The van der Waals surface area contributed by atoms with Gasteiger partial charge in [-0.3, -0.25) is 0 Å². The lowest BCUT2D eigenvalue weighted by atomic mass is 10.1. The van der Waals surface area contributed by atoms with Crippen molar-refractivity contribution >= 4 is 43.8 Å². The molecule has 1 rings (SSSR count). The first-order chi connectivity index (χ1) is 9.51. The molecule has 1 aromatic carbocycles. The molecule has 0 amide bonds. The second kappa shape index (κ2) is 8.42. The van der Waals surface area contributed by atoms with E-state index in [4.69, 9.17) is 9.47 Å². The van der Waals surface area contributed by atoms with Crippen LogP contribution >= 0.6 is 31.9 Å². The summed E-state index contributed by atoms with van der Waals surface area (Å²) in [4.78, 5) is 24.0. The fraction of sp³-hybridized carbons (Fsp3) is 0.429. The second-order valence-corrected chi connectivity index (χ2v) is 5.79. The Morgan fingerprint density at radius 3 is 1.55 bits per heavy atom. The minimum atomic E-state index is -0.525. The molecule has 0 heterocycles. The Morgan fingerprint density at radius 2 is 1.25 bits per heavy atom. The first-order valence-electron chi connectivity index (χ1n) is 6.34. The SMILES string of the molecule is CCCOC(=O)c1cc(Br)c(Br)cc1C(=O)OCCC. The van der Waals surface area contributed by atoms with Crippen molar-refractivity contribution in [3.63, 3.8) is 0 Å². The molecule has 20 heavy (non-hydrogen) atoms. The molecule has 0 bridgehead atoms. The molecule has 0 aliphatic carbocycles. The fourth-order valence-electron chi connectivity index (χ4n) is 1.43. The lowest BCUT2D eigenvalue weighted by Gasteiger charge is -2.11. The van der Waals surface area contributed by atoms with Crippen molar-refractivity contribution in [2.45, 2.75) is 26.7 Å². The molecule has 6 heteroatoms. The molecule has 0 aromatic heterocycles. The molecule has 0 saturated carbocycles. The quantitative estimate of drug-likeness (QED) is 0.658. The molecule has 0 aliphatic heterocycles. The van der Waals surface area contributed by atoms with Gasteiger partial charge in [-0.2, -0.15) is 0 Å². The Hall–Kier alpha value is -0.880. The summed E-state index contributed by atoms with van der Waals surface area (Å²) >= 11 is 6.62. The van der Waals surface area contributed by atoms with Gasteiger partial charge in [-0.25, -0.2) is 9.59 Å². The zero-order valence-corrected chi connectivity index (χ0v) is 14.5. The van der Waals surface area contributed by atoms with E-state index in [9.17, 15) is 9.59 Å². The minimum Gasteiger partial charge on any atom is -0.462 e. The van der Waals surface area contributed by atoms with Gasteiger partial charge in [0.1, 0.15) is 0 Å². The molecular weight excluding hydrogens is 392 g/mol. The van der Waals surface area contributed by atoms with E-state index >= 15 is 0 Å². The van der Waals surface area contributed by atoms with Crippen LogP contribution in [0.25, 0.3) is 0 Å². The molecule has 4 nitrogen and oxygen atoms in total. The second-order valence-electron chi connectivity index (χ2n) is 4.08. The van der Waals surface area contributed by atoms with E-state index in [0.29, 0.717) is 22.2 Å². The van der Waals surface area contributed by atoms with Crippen LogP contribution in [0.1, 0.15) is 47.4 Å². The van der Waals surface area contributed by atoms with E-state index in [-0.39, 0.29) is 11.1 Å². The number of esters is 2. The number of benzene rings is 1. The summed E-state index contributed by atoms with van der Waals surface area (Å²) in [5, 5.41) is 0. The lowest BCUT2D eigenvalue weighted by Crippen LogP contribution is -2.15. The number of carbonyl (C=O) groups is 2. The van der Waals surface area contributed by atoms with Gasteiger partial charge in [0.2, 0.25) is 0 Å². The first-order valence-corrected chi connectivity index (χ1v) is 7.93. The van der Waals surface area contributed by atoms with Gasteiger partial charge < -0.3 is 9.47 Å². The Balaban J connectivity index is 3.10. The summed E-state index contributed by atoms with van der Waals surface area (Å²) in [6.45, 7) is 4.44. The molecule has 0 unspecified atom stereocenters. The zero-order valence-electron chi connectivity index (χ0n) is 11.4. The molecule has 0 saturated heterocycles. The van der Waals surface area contributed by atoms with Gasteiger partial charge in [0, 0.05) is 8.95 Å². The maximum atomic E-state index is 12.0. The van der Waals surface area contributed by atoms with E-state index in [2.05, 4.69) is 31.9 Å². The molecule has 0 atom stereocenters. The summed E-state index contributed by atoms with van der Waals surface area (Å²) in [6, 6.07) is 3.12. The van der Waals surface area contributed by atoms with Crippen molar-refractivity contribution in [3.8, 4) is 0 Å². The van der Waals surface area contributed by atoms with Crippen molar-refractivity contribution in [2.75, 3.05) is 13.2 Å². The van der Waals surface area contributed by atoms with Crippen LogP contribution in [-0.4, -0.2) is 25.2 Å². The number of hydrogen-bond acceptors (Lipinski definition) is 4. The van der Waals surface area contributed by atoms with Gasteiger partial charge in [-0.1, -0.05) is 13.8 Å². The van der Waals surface area contributed by atoms with Gasteiger partial charge in [0.05, 0.1) is 24.3 Å². The molecule has 0 radical (unpaired) electrons. The van der Waals surface area contributed by atoms with E-state index in [0.717, 1.165) is 12.8 Å². The summed E-state index contributed by atoms with van der Waals surface area (Å²) in [5.74, 6) is -1.05. The van der Waals surface area contributed by atoms with E-state index in [1.54, 1.807) is 12.1 Å². The van der Waals surface area contributed by atoms with Crippen LogP contribution in [0.4, 0.5) is 0 Å². The third kappa shape index (κ3) is 4.59. The van der Waals surface area contributed by atoms with Gasteiger partial charge in [-0.05, 0) is 56.8 Å². The number of carbonyl (C=O) groups excluding carboxylic acids is 2. The molecule has 0 N–H and O–H groups in total. The third-order valence-electron chi connectivity index (χ3n) is 2.37. The number of rotatable bonds is 6. The smallest absolute Gasteiger partial charge is 0.339 e. The average Bonchev–Trinajstić information content (AvgIpc) is 2.44. The summed E-state index contributed by atoms with van der Waals surface area (Å²) in [7, 11) is 0. The standard InChI is InChI=1S/C14H16Br2O4/c1-3-5-19-13(17)9-7-11(15)12(16)8-10(9)14(18)20-6-4-2/h7-8H,3-6H2,1-2H3. The molecule has 110 valence electrons. The Kier molecular flexibility index (Phi) is 7.23. The van der Waals surface area contributed by atoms with Crippen molar-refractivity contribution in [1.82, 2.24) is 0 Å². The molecule has 0 spiro atoms. The van der Waals surface area contributed by atoms with Crippen molar-refractivity contribution in [3.05, 3.63) is 32.2 Å². The van der Waals surface area contributed by atoms with Crippen LogP contribution in [0, 0.1) is 0 Å². The largest absolute Gasteiger partial charge is 0.462 e. The highest BCUT2D eigenvalue weighted by atomic mass is 79.9. The number of ether oxygens (including phenoxy) is 2. The first kappa shape index (κ1) is 17.2. The third-order valence-corrected chi connectivity index (χ3v) is 4.22. The summed E-state index contributed by atoms with van der Waals surface area (Å²) in [5.41, 5.74) is 0.407. The van der Waals surface area contributed by atoms with Crippen molar-refractivity contribution in [1.29, 1.82) is 0 Å². The highest BCUT2D eigenvalue weighted by Crippen LogP contribution is 2.28. The fourth-order valence-corrected chi connectivity index (χ4v) is 2.12. The molecule has 1 aromatic rings.